The second-order valence-electron chi connectivity index (χ2n) is 16.3. The van der Waals surface area contributed by atoms with Gasteiger partial charge in [0.1, 0.15) is 11.5 Å². The fraction of sp³-hybridized carbons (Fsp3) is 0.0526. The van der Waals surface area contributed by atoms with E-state index < -0.39 is 11.6 Å². The number of halogens is 1. The number of hydrogen-bond donors (Lipinski definition) is 0. The molecule has 0 aliphatic carbocycles. The van der Waals surface area contributed by atoms with Gasteiger partial charge >= 0.3 is 0 Å². The third kappa shape index (κ3) is 5.54. The van der Waals surface area contributed by atoms with Crippen LogP contribution in [0.4, 0.5) is 21.5 Å². The fourth-order valence-corrected chi connectivity index (χ4v) is 10.2. The Bertz CT molecular complexity index is 3460. The quantitative estimate of drug-likeness (QED) is 0.161. The molecule has 0 amide bonds. The number of alkyl halides is 1. The highest BCUT2D eigenvalue weighted by molar-refractivity contribution is 6.17. The maximum absolute atomic E-state index is 17.1. The molecule has 1 aliphatic heterocycles. The van der Waals surface area contributed by atoms with Crippen molar-refractivity contribution in [1.82, 2.24) is 19.1 Å². The van der Waals surface area contributed by atoms with Crippen molar-refractivity contribution >= 4 is 50.0 Å². The highest BCUT2D eigenvalue weighted by atomic mass is 19.1. The van der Waals surface area contributed by atoms with E-state index in [1.165, 1.54) is 5.56 Å². The number of para-hydroxylation sites is 5. The number of nitrogens with zero attached hydrogens (tertiary/aromatic N) is 5. The zero-order valence-corrected chi connectivity index (χ0v) is 34.5. The van der Waals surface area contributed by atoms with Gasteiger partial charge in [0.05, 0.1) is 38.7 Å². The molecule has 5 nitrogen and oxygen atoms in total. The van der Waals surface area contributed by atoms with Crippen molar-refractivity contribution < 1.29 is 4.39 Å². The van der Waals surface area contributed by atoms with Gasteiger partial charge in [0.25, 0.3) is 0 Å². The van der Waals surface area contributed by atoms with Crippen LogP contribution in [0.3, 0.4) is 0 Å². The lowest BCUT2D eigenvalue weighted by atomic mass is 9.62. The van der Waals surface area contributed by atoms with Crippen LogP contribution in [0.1, 0.15) is 39.6 Å². The Balaban J connectivity index is 1.09. The first-order valence-corrected chi connectivity index (χ1v) is 21.4. The molecule has 0 spiro atoms. The summed E-state index contributed by atoms with van der Waals surface area (Å²) in [6, 6.07) is 73.2. The summed E-state index contributed by atoms with van der Waals surface area (Å²) in [6.45, 7) is 0. The molecule has 11 aromatic rings. The van der Waals surface area contributed by atoms with Crippen molar-refractivity contribution in [1.29, 1.82) is 0 Å². The second-order valence-corrected chi connectivity index (χ2v) is 16.3. The molecule has 3 aromatic heterocycles. The largest absolute Gasteiger partial charge is 0.327 e. The molecular weight excluding hydrogens is 774 g/mol. The molecule has 8 aromatic carbocycles. The lowest BCUT2D eigenvalue weighted by Crippen LogP contribution is -2.38. The second kappa shape index (κ2) is 14.5. The minimum Gasteiger partial charge on any atom is -0.327 e. The molecule has 1 aliphatic rings. The Hall–Kier alpha value is -8.09. The first kappa shape index (κ1) is 36.7. The lowest BCUT2D eigenvalue weighted by Gasteiger charge is -2.46. The van der Waals surface area contributed by atoms with Crippen molar-refractivity contribution in [2.24, 2.45) is 7.05 Å². The van der Waals surface area contributed by atoms with Gasteiger partial charge in [0, 0.05) is 41.1 Å². The molecular formula is C57H40FN5. The Morgan fingerprint density at radius 1 is 0.540 bits per heavy atom. The monoisotopic (exact) mass is 813 g/mol. The van der Waals surface area contributed by atoms with Crippen LogP contribution in [0.25, 0.3) is 50.0 Å². The summed E-state index contributed by atoms with van der Waals surface area (Å²) in [5.74, 6) is 0.800. The van der Waals surface area contributed by atoms with Crippen molar-refractivity contribution in [3.8, 4) is 17.1 Å². The predicted molar refractivity (Wildman–Crippen MR) is 254 cm³/mol. The van der Waals surface area contributed by atoms with Crippen LogP contribution in [-0.2, 0) is 12.5 Å². The highest BCUT2D eigenvalue weighted by Gasteiger charge is 2.48. The molecule has 4 heterocycles. The Morgan fingerprint density at radius 2 is 1.14 bits per heavy atom. The molecule has 0 radical (unpaired) electrons. The zero-order valence-electron chi connectivity index (χ0n) is 34.5. The highest BCUT2D eigenvalue weighted by Crippen LogP contribution is 2.59. The van der Waals surface area contributed by atoms with E-state index in [0.29, 0.717) is 11.1 Å². The molecule has 0 saturated heterocycles. The Kier molecular flexibility index (Phi) is 8.47. The number of aryl methyl sites for hydroxylation is 1. The summed E-state index contributed by atoms with van der Waals surface area (Å²) >= 11 is 0. The van der Waals surface area contributed by atoms with Crippen molar-refractivity contribution in [3.63, 3.8) is 0 Å². The van der Waals surface area contributed by atoms with Gasteiger partial charge in [-0.2, -0.15) is 0 Å². The lowest BCUT2D eigenvalue weighted by molar-refractivity contribution is 0.402. The van der Waals surface area contributed by atoms with Crippen LogP contribution in [-0.4, -0.2) is 19.1 Å². The number of hydrogen-bond acceptors (Lipinski definition) is 3. The minimum atomic E-state index is -1.38. The van der Waals surface area contributed by atoms with Crippen molar-refractivity contribution in [3.05, 3.63) is 252 Å². The normalized spacial score (nSPS) is 13.6. The Morgan fingerprint density at radius 3 is 1.89 bits per heavy atom. The molecule has 12 rings (SSSR count). The van der Waals surface area contributed by atoms with Gasteiger partial charge in [-0.3, -0.25) is 4.57 Å². The summed E-state index contributed by atoms with van der Waals surface area (Å²) in [5.41, 5.74) is 13.6. The van der Waals surface area contributed by atoms with Crippen LogP contribution < -0.4 is 4.90 Å². The van der Waals surface area contributed by atoms with Gasteiger partial charge in [-0.05, 0) is 82.4 Å². The van der Waals surface area contributed by atoms with E-state index in [0.717, 1.165) is 83.8 Å². The van der Waals surface area contributed by atoms with E-state index in [4.69, 9.17) is 9.97 Å². The summed E-state index contributed by atoms with van der Waals surface area (Å²) in [6.07, 6.45) is 0.712. The van der Waals surface area contributed by atoms with E-state index in [1.54, 1.807) is 0 Å². The van der Waals surface area contributed by atoms with Crippen LogP contribution in [0.5, 0.6) is 0 Å². The van der Waals surface area contributed by atoms with Gasteiger partial charge in [-0.1, -0.05) is 158 Å². The van der Waals surface area contributed by atoms with E-state index in [2.05, 4.69) is 172 Å². The number of aromatic nitrogens is 4. The molecule has 0 N–H and O–H groups in total. The van der Waals surface area contributed by atoms with Crippen molar-refractivity contribution in [2.75, 3.05) is 4.90 Å². The van der Waals surface area contributed by atoms with Gasteiger partial charge in [0.15, 0.2) is 6.17 Å². The van der Waals surface area contributed by atoms with Gasteiger partial charge in [0.2, 0.25) is 0 Å². The summed E-state index contributed by atoms with van der Waals surface area (Å²) < 4.78 is 21.3. The molecule has 1 atom stereocenters. The van der Waals surface area contributed by atoms with Gasteiger partial charge in [-0.15, -0.1) is 0 Å². The predicted octanol–water partition coefficient (Wildman–Crippen LogP) is 14.0. The van der Waals surface area contributed by atoms with Gasteiger partial charge < -0.3 is 9.47 Å². The number of pyridine rings is 1. The van der Waals surface area contributed by atoms with E-state index >= 15 is 4.39 Å². The van der Waals surface area contributed by atoms with E-state index in [1.807, 2.05) is 67.7 Å². The fourth-order valence-electron chi connectivity index (χ4n) is 10.2. The van der Waals surface area contributed by atoms with E-state index in [-0.39, 0.29) is 0 Å². The molecule has 300 valence electrons. The summed E-state index contributed by atoms with van der Waals surface area (Å²) in [7, 11) is 2.01. The number of imidazole rings is 1. The average Bonchev–Trinajstić information content (AvgIpc) is 3.88. The Labute approximate surface area is 364 Å². The van der Waals surface area contributed by atoms with Crippen LogP contribution >= 0.6 is 0 Å². The first-order valence-electron chi connectivity index (χ1n) is 21.4. The van der Waals surface area contributed by atoms with E-state index in [9.17, 15) is 0 Å². The molecule has 0 saturated carbocycles. The maximum atomic E-state index is 17.1. The first-order chi connectivity index (χ1) is 31.1. The number of rotatable bonds is 7. The topological polar surface area (TPSA) is 38.9 Å². The van der Waals surface area contributed by atoms with Crippen molar-refractivity contribution in [2.45, 2.75) is 11.6 Å². The number of anilines is 3. The smallest absolute Gasteiger partial charge is 0.150 e. The standard InChI is InChI=1S/C57H40FN5/c1-61-51-34-16-13-31-48(51)60-55(61)40-21-17-19-38(35-40)53(58)39-20-18-28-44(36-39)63-49-32-14-11-29-45(49)52-54-47(37-59-56(52)63)57(41-22-5-2-6-23-41,42-24-7-3-8-25-42)46-30-12-15-33-50(46)62(54)43-26-9-4-10-27-43/h2-37,53H,1H3. The SMILES string of the molecule is Cn1c(-c2cccc(C(F)c3cccc(-n4c5ccccc5c5c6c(cnc54)C(c4ccccc4)(c4ccccc4)c4ccccc4N6c4ccccc4)c3)c2)nc2ccccc21. The average molecular weight is 814 g/mol. The zero-order chi connectivity index (χ0) is 42.1. The van der Waals surface area contributed by atoms with Gasteiger partial charge in [-0.25, -0.2) is 14.4 Å². The molecule has 6 heteroatoms. The molecule has 0 bridgehead atoms. The molecule has 1 unspecified atom stereocenters. The molecule has 63 heavy (non-hydrogen) atoms. The minimum absolute atomic E-state index is 0.561. The van der Waals surface area contributed by atoms with Crippen LogP contribution in [0.2, 0.25) is 0 Å². The third-order valence-corrected chi connectivity index (χ3v) is 12.9. The van der Waals surface area contributed by atoms with Crippen LogP contribution in [0.15, 0.2) is 219 Å². The molecule has 0 fully saturated rings. The number of benzene rings is 8. The third-order valence-electron chi connectivity index (χ3n) is 12.9. The maximum Gasteiger partial charge on any atom is 0.150 e. The number of fused-ring (bicyclic) bond motifs is 7. The van der Waals surface area contributed by atoms with Crippen LogP contribution in [0, 0.1) is 0 Å². The summed E-state index contributed by atoms with van der Waals surface area (Å²) in [5, 5.41) is 2.08. The summed E-state index contributed by atoms with van der Waals surface area (Å²) in [4.78, 5) is 12.8.